The summed E-state index contributed by atoms with van der Waals surface area (Å²) in [6.45, 7) is 1.78. The summed E-state index contributed by atoms with van der Waals surface area (Å²) < 4.78 is 34.5. The van der Waals surface area contributed by atoms with E-state index in [1.165, 1.54) is 6.07 Å². The maximum Gasteiger partial charge on any atom is 0.415 e. The number of carbonyl (C=O) groups excluding carboxylic acids is 1. The minimum absolute atomic E-state index is 0.0135. The van der Waals surface area contributed by atoms with Gasteiger partial charge in [-0.3, -0.25) is 9.80 Å². The summed E-state index contributed by atoms with van der Waals surface area (Å²) in [5, 5.41) is 10.4. The molecule has 3 N–H and O–H groups in total. The smallest absolute Gasteiger partial charge is 0.415 e. The van der Waals surface area contributed by atoms with E-state index >= 15 is 0 Å². The minimum atomic E-state index is -1.28. The summed E-state index contributed by atoms with van der Waals surface area (Å²) in [7, 11) is 1.86. The van der Waals surface area contributed by atoms with E-state index in [0.717, 1.165) is 33.9 Å². The van der Waals surface area contributed by atoms with Gasteiger partial charge in [-0.05, 0) is 49.4 Å². The van der Waals surface area contributed by atoms with Gasteiger partial charge in [-0.15, -0.1) is 11.3 Å². The van der Waals surface area contributed by atoms with E-state index in [1.54, 1.807) is 31.2 Å². The van der Waals surface area contributed by atoms with Gasteiger partial charge in [-0.25, -0.2) is 18.4 Å². The van der Waals surface area contributed by atoms with Crippen molar-refractivity contribution < 1.29 is 28.2 Å². The fourth-order valence-electron chi connectivity index (χ4n) is 4.36. The molecule has 4 aromatic rings. The van der Waals surface area contributed by atoms with Gasteiger partial charge in [0.05, 0.1) is 18.7 Å². The Morgan fingerprint density at radius 3 is 2.15 bits per heavy atom. The van der Waals surface area contributed by atoms with Crippen LogP contribution in [0.1, 0.15) is 34.0 Å². The number of carbonyl (C=O) groups is 2. The first-order valence-electron chi connectivity index (χ1n) is 12.5. The number of halogens is 2. The van der Waals surface area contributed by atoms with E-state index in [0.29, 0.717) is 28.2 Å². The lowest BCUT2D eigenvalue weighted by molar-refractivity contribution is 0.0696. The molecule has 0 radical (unpaired) electrons. The number of rotatable bonds is 10. The van der Waals surface area contributed by atoms with E-state index in [4.69, 9.17) is 10.5 Å². The largest absolute Gasteiger partial charge is 0.478 e. The summed E-state index contributed by atoms with van der Waals surface area (Å²) in [6, 6.07) is 20.0. The van der Waals surface area contributed by atoms with Crippen LogP contribution in [-0.2, 0) is 24.4 Å². The van der Waals surface area contributed by atoms with Crippen molar-refractivity contribution in [2.45, 2.75) is 26.6 Å². The lowest BCUT2D eigenvalue weighted by Crippen LogP contribution is -2.32. The molecule has 0 spiro atoms. The Labute approximate surface area is 235 Å². The molecular weight excluding hydrogens is 536 g/mol. The van der Waals surface area contributed by atoms with Crippen molar-refractivity contribution in [2.24, 2.45) is 0 Å². The molecule has 3 aromatic carbocycles. The van der Waals surface area contributed by atoms with Crippen LogP contribution >= 0.6 is 11.3 Å². The number of benzene rings is 3. The van der Waals surface area contributed by atoms with Crippen LogP contribution in [-0.4, -0.2) is 35.7 Å². The Hall–Kier alpha value is -4.28. The Balaban J connectivity index is 1.87. The van der Waals surface area contributed by atoms with Crippen molar-refractivity contribution >= 4 is 34.1 Å². The molecule has 10 heteroatoms. The van der Waals surface area contributed by atoms with Crippen molar-refractivity contribution in [3.8, 4) is 10.4 Å². The van der Waals surface area contributed by atoms with Crippen LogP contribution in [0.3, 0.4) is 0 Å². The normalized spacial score (nSPS) is 11.0. The first kappa shape index (κ1) is 28.7. The fourth-order valence-corrected chi connectivity index (χ4v) is 5.66. The first-order chi connectivity index (χ1) is 19.2. The van der Waals surface area contributed by atoms with E-state index in [-0.39, 0.29) is 29.3 Å². The van der Waals surface area contributed by atoms with Gasteiger partial charge in [-0.2, -0.15) is 0 Å². The summed E-state index contributed by atoms with van der Waals surface area (Å²) in [5.41, 5.74) is 8.09. The highest BCUT2D eigenvalue weighted by atomic mass is 32.1. The minimum Gasteiger partial charge on any atom is -0.478 e. The van der Waals surface area contributed by atoms with Crippen molar-refractivity contribution in [3.63, 3.8) is 0 Å². The maximum absolute atomic E-state index is 14.7. The number of hydrogen-bond acceptors (Lipinski definition) is 6. The third kappa shape index (κ3) is 6.47. The second kappa shape index (κ2) is 12.7. The fraction of sp³-hybridized carbons (Fsp3) is 0.200. The Morgan fingerprint density at radius 1 is 0.900 bits per heavy atom. The zero-order valence-electron chi connectivity index (χ0n) is 22.1. The Kier molecular flexibility index (Phi) is 9.13. The van der Waals surface area contributed by atoms with Gasteiger partial charge < -0.3 is 15.6 Å². The van der Waals surface area contributed by atoms with Crippen LogP contribution in [0.4, 0.5) is 24.3 Å². The third-order valence-electron chi connectivity index (χ3n) is 6.21. The number of nitrogens with two attached hydrogens (primary N) is 1. The molecule has 4 rings (SSSR count). The topological polar surface area (TPSA) is 96.1 Å². The average molecular weight is 566 g/mol. The van der Waals surface area contributed by atoms with Gasteiger partial charge in [0, 0.05) is 34.8 Å². The molecule has 0 unspecified atom stereocenters. The molecule has 0 aliphatic rings. The first-order valence-corrected chi connectivity index (χ1v) is 13.4. The molecule has 0 fully saturated rings. The molecule has 40 heavy (non-hydrogen) atoms. The number of aromatic carboxylic acids is 1. The second-order valence-corrected chi connectivity index (χ2v) is 10.2. The Bertz CT molecular complexity index is 1470. The van der Waals surface area contributed by atoms with Crippen LogP contribution in [0.25, 0.3) is 10.4 Å². The summed E-state index contributed by atoms with van der Waals surface area (Å²) in [5.74, 6) is -2.99. The van der Waals surface area contributed by atoms with Crippen LogP contribution < -0.4 is 10.6 Å². The van der Waals surface area contributed by atoms with Crippen LogP contribution in [0.2, 0.25) is 0 Å². The van der Waals surface area contributed by atoms with Crippen LogP contribution in [0.15, 0.2) is 72.8 Å². The second-order valence-electron chi connectivity index (χ2n) is 9.16. The molecule has 0 saturated heterocycles. The van der Waals surface area contributed by atoms with Gasteiger partial charge in [0.1, 0.15) is 16.6 Å². The molecular formula is C30H29F2N3O4S. The van der Waals surface area contributed by atoms with Gasteiger partial charge in [0.15, 0.2) is 0 Å². The van der Waals surface area contributed by atoms with E-state index in [9.17, 15) is 23.5 Å². The number of carboxylic acid groups (broad SMARTS) is 1. The molecule has 1 aromatic heterocycles. The average Bonchev–Trinajstić information content (AvgIpc) is 3.28. The Morgan fingerprint density at radius 2 is 1.55 bits per heavy atom. The van der Waals surface area contributed by atoms with Gasteiger partial charge in [0.2, 0.25) is 0 Å². The number of anilines is 2. The van der Waals surface area contributed by atoms with Crippen molar-refractivity contribution in [3.05, 3.63) is 107 Å². The molecule has 0 aliphatic carbocycles. The summed E-state index contributed by atoms with van der Waals surface area (Å²) in [6.07, 6.45) is -0.915. The van der Waals surface area contributed by atoms with Gasteiger partial charge in [0.25, 0.3) is 0 Å². The number of thiophene rings is 1. The number of hydrogen-bond donors (Lipinski definition) is 2. The molecule has 0 atom stereocenters. The highest BCUT2D eigenvalue weighted by Gasteiger charge is 2.32. The SMILES string of the molecule is CCOC(=O)N(Cc1c(F)cccc1F)c1sc(-c2ccc(N)cc2)c(CN(C)Cc2ccccc2)c1C(=O)O. The third-order valence-corrected chi connectivity index (χ3v) is 7.51. The van der Waals surface area contributed by atoms with E-state index in [1.807, 2.05) is 42.3 Å². The zero-order valence-corrected chi connectivity index (χ0v) is 22.9. The van der Waals surface area contributed by atoms with E-state index in [2.05, 4.69) is 0 Å². The molecule has 1 heterocycles. The quantitative estimate of drug-likeness (QED) is 0.206. The van der Waals surface area contributed by atoms with Crippen LogP contribution in [0.5, 0.6) is 0 Å². The standard InChI is InChI=1S/C30H29F2N3O4S/c1-3-39-30(38)35(18-22-24(31)10-7-11-25(22)32)28-26(29(36)37)23(17-34(2)16-19-8-5-4-6-9-19)27(40-28)20-12-14-21(33)15-13-20/h4-15H,3,16-18,33H2,1-2H3,(H,36,37). The number of nitrogen functional groups attached to an aromatic ring is 1. The lowest BCUT2D eigenvalue weighted by Gasteiger charge is -2.22. The number of ether oxygens (including phenoxy) is 1. The number of amides is 1. The number of nitrogens with zero attached hydrogens (tertiary/aromatic N) is 2. The molecule has 0 bridgehead atoms. The van der Waals surface area contributed by atoms with E-state index < -0.39 is 30.2 Å². The van der Waals surface area contributed by atoms with Gasteiger partial charge >= 0.3 is 12.1 Å². The zero-order chi connectivity index (χ0) is 28.8. The van der Waals surface area contributed by atoms with Crippen molar-refractivity contribution in [1.82, 2.24) is 4.90 Å². The molecule has 1 amide bonds. The van der Waals surface area contributed by atoms with Crippen LogP contribution in [0, 0.1) is 11.6 Å². The van der Waals surface area contributed by atoms with Gasteiger partial charge in [-0.1, -0.05) is 48.5 Å². The highest BCUT2D eigenvalue weighted by molar-refractivity contribution is 7.20. The summed E-state index contributed by atoms with van der Waals surface area (Å²) in [4.78, 5) is 29.5. The van der Waals surface area contributed by atoms with Crippen molar-refractivity contribution in [1.29, 1.82) is 0 Å². The molecule has 0 aliphatic heterocycles. The maximum atomic E-state index is 14.7. The monoisotopic (exact) mass is 565 g/mol. The highest BCUT2D eigenvalue weighted by Crippen LogP contribution is 2.44. The lowest BCUT2D eigenvalue weighted by atomic mass is 10.0. The predicted octanol–water partition coefficient (Wildman–Crippen LogP) is 6.77. The molecule has 208 valence electrons. The van der Waals surface area contributed by atoms with Crippen molar-refractivity contribution in [2.75, 3.05) is 24.3 Å². The molecule has 7 nitrogen and oxygen atoms in total. The molecule has 0 saturated carbocycles. The summed E-state index contributed by atoms with van der Waals surface area (Å²) >= 11 is 1.05. The number of carboxylic acids is 1. The predicted molar refractivity (Wildman–Crippen MR) is 152 cm³/mol.